The lowest BCUT2D eigenvalue weighted by Gasteiger charge is -2.40. The summed E-state index contributed by atoms with van der Waals surface area (Å²) in [5, 5.41) is 22.0. The van der Waals surface area contributed by atoms with E-state index in [1.165, 1.54) is 0 Å². The average molecular weight is 353 g/mol. The molecule has 5 heteroatoms. The van der Waals surface area contributed by atoms with Crippen molar-refractivity contribution >= 4 is 11.7 Å². The van der Waals surface area contributed by atoms with E-state index in [1.54, 1.807) is 6.07 Å². The molecule has 2 unspecified atom stereocenters. The second kappa shape index (κ2) is 8.09. The Morgan fingerprint density at radius 2 is 2.12 bits per heavy atom. The fourth-order valence-electron chi connectivity index (χ4n) is 3.62. The highest BCUT2D eigenvalue weighted by atomic mass is 16.4. The number of aromatic carboxylic acids is 1. The first-order valence-electron chi connectivity index (χ1n) is 8.90. The second-order valence-electron chi connectivity index (χ2n) is 7.01. The Hall–Kier alpha value is -2.74. The maximum Gasteiger partial charge on any atom is 0.336 e. The summed E-state index contributed by atoms with van der Waals surface area (Å²) in [7, 11) is 0. The summed E-state index contributed by atoms with van der Waals surface area (Å²) in [6.07, 6.45) is 2.85. The monoisotopic (exact) mass is 353 g/mol. The normalized spacial score (nSPS) is 20.4. The number of carbonyl (C=O) groups is 1. The summed E-state index contributed by atoms with van der Waals surface area (Å²) < 4.78 is 0. The van der Waals surface area contributed by atoms with Crippen LogP contribution in [0.3, 0.4) is 0 Å². The van der Waals surface area contributed by atoms with Gasteiger partial charge in [0.05, 0.1) is 11.1 Å². The Kier molecular flexibility index (Phi) is 6.10. The minimum Gasteiger partial charge on any atom is -0.478 e. The van der Waals surface area contributed by atoms with Crippen molar-refractivity contribution in [1.29, 1.82) is 5.26 Å². The molecule has 2 rings (SSSR count). The molecule has 1 heterocycles. The molecule has 2 atom stereocenters. The second-order valence-corrected chi connectivity index (χ2v) is 7.01. The highest BCUT2D eigenvalue weighted by Gasteiger charge is 2.28. The van der Waals surface area contributed by atoms with E-state index >= 15 is 0 Å². The Morgan fingerprint density at radius 3 is 2.65 bits per heavy atom. The molecule has 1 fully saturated rings. The van der Waals surface area contributed by atoms with E-state index in [-0.39, 0.29) is 6.04 Å². The smallest absolute Gasteiger partial charge is 0.336 e. The first-order valence-corrected chi connectivity index (χ1v) is 8.90. The van der Waals surface area contributed by atoms with E-state index in [9.17, 15) is 9.90 Å². The number of aryl methyl sites for hydroxylation is 2. The highest BCUT2D eigenvalue weighted by Crippen LogP contribution is 2.28. The third-order valence-electron chi connectivity index (χ3n) is 5.11. The number of piperidine rings is 1. The van der Waals surface area contributed by atoms with Gasteiger partial charge in [0.25, 0.3) is 0 Å². The number of anilines is 1. The number of carboxylic acid groups (broad SMARTS) is 1. The molecule has 1 saturated heterocycles. The molecule has 2 N–H and O–H groups in total. The summed E-state index contributed by atoms with van der Waals surface area (Å²) in [5.74, 6) is -0.555. The fourth-order valence-corrected chi connectivity index (χ4v) is 3.62. The molecule has 138 valence electrons. The summed E-state index contributed by atoms with van der Waals surface area (Å²) in [6, 6.07) is 6.04. The predicted molar refractivity (Wildman–Crippen MR) is 104 cm³/mol. The van der Waals surface area contributed by atoms with Crippen LogP contribution >= 0.6 is 0 Å². The van der Waals surface area contributed by atoms with Gasteiger partial charge in [-0.2, -0.15) is 5.26 Å². The van der Waals surface area contributed by atoms with E-state index in [4.69, 9.17) is 5.26 Å². The molecule has 5 nitrogen and oxygen atoms in total. The molecule has 0 bridgehead atoms. The van der Waals surface area contributed by atoms with Crippen LogP contribution in [-0.4, -0.2) is 35.1 Å². The van der Waals surface area contributed by atoms with Crippen LogP contribution in [0.5, 0.6) is 0 Å². The van der Waals surface area contributed by atoms with Crippen LogP contribution < -0.4 is 5.32 Å². The average Bonchev–Trinajstić information content (AvgIpc) is 2.59. The van der Waals surface area contributed by atoms with Gasteiger partial charge in [0.1, 0.15) is 6.07 Å². The minimum atomic E-state index is -0.902. The molecule has 1 aliphatic heterocycles. The van der Waals surface area contributed by atoms with Gasteiger partial charge in [0.2, 0.25) is 0 Å². The van der Waals surface area contributed by atoms with Gasteiger partial charge in [0, 0.05) is 30.5 Å². The number of likely N-dealkylation sites (tertiary alicyclic amines) is 1. The van der Waals surface area contributed by atoms with E-state index in [0.29, 0.717) is 17.1 Å². The van der Waals surface area contributed by atoms with Crippen molar-refractivity contribution in [2.45, 2.75) is 40.2 Å². The lowest BCUT2D eigenvalue weighted by atomic mass is 9.92. The molecule has 1 aromatic rings. The van der Waals surface area contributed by atoms with Gasteiger partial charge < -0.3 is 15.3 Å². The molecule has 0 amide bonds. The quantitative estimate of drug-likeness (QED) is 0.615. The van der Waals surface area contributed by atoms with Crippen molar-refractivity contribution in [2.24, 2.45) is 5.92 Å². The van der Waals surface area contributed by atoms with Gasteiger partial charge in [-0.3, -0.25) is 0 Å². The van der Waals surface area contributed by atoms with Crippen molar-refractivity contribution in [3.05, 3.63) is 52.7 Å². The van der Waals surface area contributed by atoms with Crippen molar-refractivity contribution in [2.75, 3.05) is 18.4 Å². The van der Waals surface area contributed by atoms with E-state index < -0.39 is 5.97 Å². The summed E-state index contributed by atoms with van der Waals surface area (Å²) >= 11 is 0. The number of rotatable bonds is 5. The van der Waals surface area contributed by atoms with Crippen LogP contribution in [0.25, 0.3) is 0 Å². The first-order chi connectivity index (χ1) is 12.3. The lowest BCUT2D eigenvalue weighted by Crippen LogP contribution is -2.45. The number of nitrogens with zero attached hydrogens (tertiary/aromatic N) is 2. The highest BCUT2D eigenvalue weighted by molar-refractivity contribution is 5.91. The predicted octanol–water partition coefficient (Wildman–Crippen LogP) is 4.11. The number of allylic oxidation sites excluding steroid dienone is 2. The number of nitriles is 1. The van der Waals surface area contributed by atoms with Gasteiger partial charge in [-0.1, -0.05) is 25.6 Å². The standard InChI is InChI=1S/C21H27N3O2/c1-6-20(15(4)11-22)24-8-7-18(16(5)12-24)23-19-10-17(21(25)26)13(2)9-14(19)3/h6,9-10,16,18,23H,4,7-8,12H2,1-3,5H3,(H,25,26)/b20-6+. The molecule has 0 radical (unpaired) electrons. The summed E-state index contributed by atoms with van der Waals surface area (Å²) in [5.41, 5.74) is 4.44. The van der Waals surface area contributed by atoms with Crippen molar-refractivity contribution in [3.8, 4) is 6.07 Å². The van der Waals surface area contributed by atoms with Crippen LogP contribution in [0.1, 0.15) is 41.8 Å². The SMILES string of the molecule is C=C(C#N)/C(=C\C)N1CCC(Nc2cc(C(=O)O)c(C)cc2C)C(C)C1. The van der Waals surface area contributed by atoms with Gasteiger partial charge in [-0.25, -0.2) is 4.79 Å². The number of hydrogen-bond donors (Lipinski definition) is 2. The van der Waals surface area contributed by atoms with Crippen LogP contribution in [0, 0.1) is 31.1 Å². The Morgan fingerprint density at radius 1 is 1.42 bits per heavy atom. The van der Waals surface area contributed by atoms with E-state index in [2.05, 4.69) is 29.8 Å². The van der Waals surface area contributed by atoms with Crippen molar-refractivity contribution in [3.63, 3.8) is 0 Å². The topological polar surface area (TPSA) is 76.4 Å². The molecule has 1 aliphatic rings. The Bertz CT molecular complexity index is 789. The first kappa shape index (κ1) is 19.6. The third-order valence-corrected chi connectivity index (χ3v) is 5.11. The van der Waals surface area contributed by atoms with Crippen LogP contribution in [0.15, 0.2) is 36.1 Å². The molecule has 1 aromatic carbocycles. The molecular formula is C21H27N3O2. The van der Waals surface area contributed by atoms with Gasteiger partial charge in [-0.15, -0.1) is 0 Å². The van der Waals surface area contributed by atoms with Gasteiger partial charge >= 0.3 is 5.97 Å². The maximum absolute atomic E-state index is 11.4. The zero-order valence-corrected chi connectivity index (χ0v) is 16.0. The molecule has 0 saturated carbocycles. The number of carboxylic acids is 1. The summed E-state index contributed by atoms with van der Waals surface area (Å²) in [4.78, 5) is 13.6. The largest absolute Gasteiger partial charge is 0.478 e. The van der Waals surface area contributed by atoms with Crippen LogP contribution in [0.4, 0.5) is 5.69 Å². The zero-order chi connectivity index (χ0) is 19.4. The third kappa shape index (κ3) is 4.08. The van der Waals surface area contributed by atoms with E-state index in [0.717, 1.165) is 42.0 Å². The zero-order valence-electron chi connectivity index (χ0n) is 16.0. The van der Waals surface area contributed by atoms with Gasteiger partial charge in [-0.05, 0) is 50.3 Å². The molecular weight excluding hydrogens is 326 g/mol. The van der Waals surface area contributed by atoms with Gasteiger partial charge in [0.15, 0.2) is 0 Å². The van der Waals surface area contributed by atoms with Crippen molar-refractivity contribution < 1.29 is 9.90 Å². The molecule has 26 heavy (non-hydrogen) atoms. The fraction of sp³-hybridized carbons (Fsp3) is 0.429. The minimum absolute atomic E-state index is 0.253. The lowest BCUT2D eigenvalue weighted by molar-refractivity contribution is 0.0696. The van der Waals surface area contributed by atoms with Crippen molar-refractivity contribution in [1.82, 2.24) is 4.90 Å². The number of benzene rings is 1. The summed E-state index contributed by atoms with van der Waals surface area (Å²) in [6.45, 7) is 13.4. The van der Waals surface area contributed by atoms with Crippen LogP contribution in [0.2, 0.25) is 0 Å². The maximum atomic E-state index is 11.4. The Balaban J connectivity index is 2.14. The molecule has 0 aromatic heterocycles. The molecule has 0 spiro atoms. The van der Waals surface area contributed by atoms with Crippen LogP contribution in [-0.2, 0) is 0 Å². The number of nitrogens with one attached hydrogen (secondary N) is 1. The van der Waals surface area contributed by atoms with E-state index in [1.807, 2.05) is 32.9 Å². The Labute approximate surface area is 155 Å². The molecule has 0 aliphatic carbocycles. The number of hydrogen-bond acceptors (Lipinski definition) is 4.